The first-order valence-corrected chi connectivity index (χ1v) is 7.23. The first-order valence-electron chi connectivity index (χ1n) is 6.43. The molecular weight excluding hydrogens is 328 g/mol. The molecule has 1 aromatic heterocycles. The van der Waals surface area contributed by atoms with E-state index in [2.05, 4.69) is 27.0 Å². The van der Waals surface area contributed by atoms with Crippen molar-refractivity contribution in [3.05, 3.63) is 70.2 Å². The molecule has 0 atom stereocenters. The van der Waals surface area contributed by atoms with Crippen molar-refractivity contribution in [2.24, 2.45) is 0 Å². The molecule has 21 heavy (non-hydrogen) atoms. The van der Waals surface area contributed by atoms with Gasteiger partial charge in [0.2, 0.25) is 5.88 Å². The molecule has 0 fully saturated rings. The first kappa shape index (κ1) is 13.6. The number of nitriles is 1. The molecule has 0 aliphatic heterocycles. The van der Waals surface area contributed by atoms with Gasteiger partial charge in [-0.3, -0.25) is 0 Å². The van der Waals surface area contributed by atoms with E-state index in [4.69, 9.17) is 4.74 Å². The lowest BCUT2D eigenvalue weighted by Gasteiger charge is -2.08. The van der Waals surface area contributed by atoms with Gasteiger partial charge in [-0.15, -0.1) is 0 Å². The summed E-state index contributed by atoms with van der Waals surface area (Å²) in [5.41, 5.74) is 2.30. The van der Waals surface area contributed by atoms with Crippen LogP contribution in [-0.4, -0.2) is 4.98 Å². The Morgan fingerprint density at radius 2 is 1.86 bits per heavy atom. The van der Waals surface area contributed by atoms with Gasteiger partial charge in [0, 0.05) is 9.86 Å². The molecule has 4 heteroatoms. The molecule has 0 saturated heterocycles. The van der Waals surface area contributed by atoms with Crippen LogP contribution in [0.15, 0.2) is 59.1 Å². The van der Waals surface area contributed by atoms with Crippen LogP contribution in [0.1, 0.15) is 11.1 Å². The van der Waals surface area contributed by atoms with Crippen molar-refractivity contribution >= 4 is 26.8 Å². The van der Waals surface area contributed by atoms with Crippen LogP contribution >= 0.6 is 15.9 Å². The van der Waals surface area contributed by atoms with Gasteiger partial charge in [-0.25, -0.2) is 4.98 Å². The summed E-state index contributed by atoms with van der Waals surface area (Å²) < 4.78 is 6.73. The maximum atomic E-state index is 9.24. The Morgan fingerprint density at radius 3 is 2.62 bits per heavy atom. The van der Waals surface area contributed by atoms with E-state index >= 15 is 0 Å². The highest BCUT2D eigenvalue weighted by Gasteiger charge is 2.08. The van der Waals surface area contributed by atoms with Gasteiger partial charge >= 0.3 is 0 Å². The number of ether oxygens (including phenoxy) is 1. The fourth-order valence-electron chi connectivity index (χ4n) is 2.02. The number of benzene rings is 2. The van der Waals surface area contributed by atoms with Crippen LogP contribution in [0.25, 0.3) is 10.9 Å². The minimum absolute atomic E-state index is 0.374. The minimum atomic E-state index is 0.374. The maximum Gasteiger partial charge on any atom is 0.232 e. The number of hydrogen-bond donors (Lipinski definition) is 0. The molecule has 0 bridgehead atoms. The molecule has 2 aromatic carbocycles. The number of fused-ring (bicyclic) bond motifs is 1. The Hall–Kier alpha value is -2.38. The zero-order valence-corrected chi connectivity index (χ0v) is 12.7. The van der Waals surface area contributed by atoms with Gasteiger partial charge in [0.05, 0.1) is 5.52 Å². The zero-order valence-electron chi connectivity index (χ0n) is 11.1. The molecule has 3 nitrogen and oxygen atoms in total. The van der Waals surface area contributed by atoms with Crippen LogP contribution < -0.4 is 4.74 Å². The van der Waals surface area contributed by atoms with Gasteiger partial charge < -0.3 is 4.74 Å². The summed E-state index contributed by atoms with van der Waals surface area (Å²) in [6.45, 7) is 0.382. The number of aromatic nitrogens is 1. The molecule has 3 rings (SSSR count). The number of hydrogen-bond acceptors (Lipinski definition) is 3. The van der Waals surface area contributed by atoms with E-state index in [-0.39, 0.29) is 0 Å². The lowest BCUT2D eigenvalue weighted by Crippen LogP contribution is -1.99. The second-order valence-electron chi connectivity index (χ2n) is 4.56. The Bertz CT molecular complexity index is 822. The Kier molecular flexibility index (Phi) is 3.85. The van der Waals surface area contributed by atoms with Crippen molar-refractivity contribution in [1.29, 1.82) is 5.26 Å². The van der Waals surface area contributed by atoms with E-state index in [1.807, 2.05) is 48.5 Å². The third-order valence-corrected chi connectivity index (χ3v) is 3.63. The van der Waals surface area contributed by atoms with Crippen LogP contribution in [0, 0.1) is 11.3 Å². The van der Waals surface area contributed by atoms with E-state index < -0.39 is 0 Å². The standard InChI is InChI=1S/C17H11BrN2O/c18-15-7-5-12(6-8-15)11-21-17-14(10-19)9-13-3-1-2-4-16(13)20-17/h1-9H,11H2. The minimum Gasteiger partial charge on any atom is -0.472 e. The van der Waals surface area contributed by atoms with Gasteiger partial charge in [-0.1, -0.05) is 46.3 Å². The molecule has 0 spiro atoms. The normalized spacial score (nSPS) is 10.3. The summed E-state index contributed by atoms with van der Waals surface area (Å²) in [6.07, 6.45) is 0. The summed E-state index contributed by atoms with van der Waals surface area (Å²) >= 11 is 3.40. The van der Waals surface area contributed by atoms with E-state index in [1.165, 1.54) is 0 Å². The van der Waals surface area contributed by atoms with Crippen molar-refractivity contribution in [3.8, 4) is 11.9 Å². The second-order valence-corrected chi connectivity index (χ2v) is 5.48. The Balaban J connectivity index is 1.89. The van der Waals surface area contributed by atoms with Crippen LogP contribution in [0.2, 0.25) is 0 Å². The average molecular weight is 339 g/mol. The van der Waals surface area contributed by atoms with Gasteiger partial charge in [-0.2, -0.15) is 5.26 Å². The fourth-order valence-corrected chi connectivity index (χ4v) is 2.29. The third kappa shape index (κ3) is 3.04. The lowest BCUT2D eigenvalue weighted by molar-refractivity contribution is 0.294. The van der Waals surface area contributed by atoms with E-state index in [1.54, 1.807) is 6.07 Å². The SMILES string of the molecule is N#Cc1cc2ccccc2nc1OCc1ccc(Br)cc1. The van der Waals surface area contributed by atoms with E-state index in [0.29, 0.717) is 18.1 Å². The summed E-state index contributed by atoms with van der Waals surface area (Å²) in [7, 11) is 0. The average Bonchev–Trinajstić information content (AvgIpc) is 2.53. The molecule has 0 radical (unpaired) electrons. The predicted molar refractivity (Wildman–Crippen MR) is 84.9 cm³/mol. The molecule has 0 saturated carbocycles. The monoisotopic (exact) mass is 338 g/mol. The van der Waals surface area contributed by atoms with Crippen LogP contribution in [-0.2, 0) is 6.61 Å². The number of nitrogens with zero attached hydrogens (tertiary/aromatic N) is 2. The van der Waals surface area contributed by atoms with E-state index in [0.717, 1.165) is 20.9 Å². The molecule has 102 valence electrons. The van der Waals surface area contributed by atoms with Gasteiger partial charge in [0.25, 0.3) is 0 Å². The molecular formula is C17H11BrN2O. The molecule has 0 unspecified atom stereocenters. The van der Waals surface area contributed by atoms with Gasteiger partial charge in [0.1, 0.15) is 18.2 Å². The fraction of sp³-hybridized carbons (Fsp3) is 0.0588. The molecule has 0 amide bonds. The quantitative estimate of drug-likeness (QED) is 0.708. The van der Waals surface area contributed by atoms with Crippen LogP contribution in [0.3, 0.4) is 0 Å². The van der Waals surface area contributed by atoms with Crippen molar-refractivity contribution in [2.45, 2.75) is 6.61 Å². The number of halogens is 1. The van der Waals surface area contributed by atoms with Crippen LogP contribution in [0.5, 0.6) is 5.88 Å². The number of rotatable bonds is 3. The topological polar surface area (TPSA) is 45.9 Å². The van der Waals surface area contributed by atoms with Crippen LogP contribution in [0.4, 0.5) is 0 Å². The largest absolute Gasteiger partial charge is 0.472 e. The van der Waals surface area contributed by atoms with Crippen molar-refractivity contribution in [2.75, 3.05) is 0 Å². The molecule has 0 aliphatic carbocycles. The molecule has 0 aliphatic rings. The Morgan fingerprint density at radius 1 is 1.10 bits per heavy atom. The zero-order chi connectivity index (χ0) is 14.7. The number of para-hydroxylation sites is 1. The predicted octanol–water partition coefficient (Wildman–Crippen LogP) is 4.45. The summed E-state index contributed by atoms with van der Waals surface area (Å²) in [5, 5.41) is 10.2. The van der Waals surface area contributed by atoms with Crippen molar-refractivity contribution in [1.82, 2.24) is 4.98 Å². The van der Waals surface area contributed by atoms with Gasteiger partial charge in [0.15, 0.2) is 0 Å². The first-order chi connectivity index (χ1) is 10.3. The highest BCUT2D eigenvalue weighted by Crippen LogP contribution is 2.22. The summed E-state index contributed by atoms with van der Waals surface area (Å²) in [6, 6.07) is 19.5. The third-order valence-electron chi connectivity index (χ3n) is 3.10. The highest BCUT2D eigenvalue weighted by molar-refractivity contribution is 9.10. The maximum absolute atomic E-state index is 9.24. The summed E-state index contributed by atoms with van der Waals surface area (Å²) in [4.78, 5) is 4.42. The van der Waals surface area contributed by atoms with E-state index in [9.17, 15) is 5.26 Å². The smallest absolute Gasteiger partial charge is 0.232 e. The van der Waals surface area contributed by atoms with Crippen molar-refractivity contribution < 1.29 is 4.74 Å². The number of pyridine rings is 1. The van der Waals surface area contributed by atoms with Crippen molar-refractivity contribution in [3.63, 3.8) is 0 Å². The lowest BCUT2D eigenvalue weighted by atomic mass is 10.1. The highest BCUT2D eigenvalue weighted by atomic mass is 79.9. The van der Waals surface area contributed by atoms with Gasteiger partial charge in [-0.05, 0) is 29.8 Å². The molecule has 1 heterocycles. The second kappa shape index (κ2) is 5.94. The molecule has 3 aromatic rings. The summed E-state index contributed by atoms with van der Waals surface area (Å²) in [5.74, 6) is 0.374. The Labute approximate surface area is 130 Å². The molecule has 0 N–H and O–H groups in total.